The maximum absolute atomic E-state index is 12.1. The highest BCUT2D eigenvalue weighted by atomic mass is 32.2. The molecular formula is C11H18N2O4S. The molecule has 102 valence electrons. The number of rotatable bonds is 8. The first-order valence-electron chi connectivity index (χ1n) is 5.92. The minimum atomic E-state index is -3.60. The zero-order chi connectivity index (χ0) is 13.8. The first kappa shape index (κ1) is 14.9. The quantitative estimate of drug-likeness (QED) is 0.706. The second-order valence-electron chi connectivity index (χ2n) is 4.82. The van der Waals surface area contributed by atoms with Gasteiger partial charge in [-0.2, -0.15) is 9.57 Å². The Morgan fingerprint density at radius 1 is 1.50 bits per heavy atom. The van der Waals surface area contributed by atoms with Crippen molar-refractivity contribution in [1.29, 1.82) is 5.26 Å². The van der Waals surface area contributed by atoms with Gasteiger partial charge in [-0.3, -0.25) is 4.79 Å². The molecule has 1 aliphatic carbocycles. The summed E-state index contributed by atoms with van der Waals surface area (Å²) in [6.45, 7) is 1.50. The molecule has 0 amide bonds. The molecule has 6 nitrogen and oxygen atoms in total. The molecule has 7 heteroatoms. The molecule has 1 aliphatic rings. The van der Waals surface area contributed by atoms with E-state index in [4.69, 9.17) is 10.4 Å². The van der Waals surface area contributed by atoms with E-state index in [0.717, 1.165) is 17.1 Å². The predicted molar refractivity (Wildman–Crippen MR) is 65.2 cm³/mol. The van der Waals surface area contributed by atoms with E-state index in [2.05, 4.69) is 0 Å². The smallest absolute Gasteiger partial charge is 0.318 e. The van der Waals surface area contributed by atoms with E-state index in [1.807, 2.05) is 6.07 Å². The molecule has 0 aromatic carbocycles. The normalized spacial score (nSPS) is 17.4. The largest absolute Gasteiger partial charge is 0.480 e. The number of nitrogens with zero attached hydrogens (tertiary/aromatic N) is 2. The van der Waals surface area contributed by atoms with Gasteiger partial charge in [0.05, 0.1) is 11.8 Å². The number of hydrogen-bond donors (Lipinski definition) is 1. The minimum absolute atomic E-state index is 0.110. The van der Waals surface area contributed by atoms with Crippen LogP contribution in [0.15, 0.2) is 0 Å². The van der Waals surface area contributed by atoms with Crippen LogP contribution in [0.2, 0.25) is 0 Å². The van der Waals surface area contributed by atoms with Crippen molar-refractivity contribution in [1.82, 2.24) is 4.31 Å². The van der Waals surface area contributed by atoms with Crippen LogP contribution in [0.3, 0.4) is 0 Å². The van der Waals surface area contributed by atoms with Gasteiger partial charge in [-0.05, 0) is 24.7 Å². The summed E-state index contributed by atoms with van der Waals surface area (Å²) in [4.78, 5) is 10.7. The molecule has 0 bridgehead atoms. The Morgan fingerprint density at radius 3 is 2.50 bits per heavy atom. The SMILES string of the molecule is CCCN(CC(=O)O)S(=O)(=O)CC1(CC#N)CC1. The van der Waals surface area contributed by atoms with E-state index in [1.165, 1.54) is 0 Å². The van der Waals surface area contributed by atoms with E-state index < -0.39 is 28.0 Å². The Hall–Kier alpha value is -1.13. The second kappa shape index (κ2) is 5.67. The monoisotopic (exact) mass is 274 g/mol. The molecule has 0 radical (unpaired) electrons. The third-order valence-corrected chi connectivity index (χ3v) is 5.15. The highest BCUT2D eigenvalue weighted by Crippen LogP contribution is 2.49. The molecule has 1 rings (SSSR count). The molecule has 1 saturated carbocycles. The van der Waals surface area contributed by atoms with E-state index in [9.17, 15) is 13.2 Å². The number of hydrogen-bond acceptors (Lipinski definition) is 4. The first-order valence-corrected chi connectivity index (χ1v) is 7.53. The van der Waals surface area contributed by atoms with Gasteiger partial charge in [0.25, 0.3) is 0 Å². The molecule has 18 heavy (non-hydrogen) atoms. The van der Waals surface area contributed by atoms with Crippen LogP contribution in [0.5, 0.6) is 0 Å². The highest BCUT2D eigenvalue weighted by molar-refractivity contribution is 7.89. The highest BCUT2D eigenvalue weighted by Gasteiger charge is 2.47. The van der Waals surface area contributed by atoms with E-state index >= 15 is 0 Å². The molecule has 0 aromatic rings. The summed E-state index contributed by atoms with van der Waals surface area (Å²) in [5, 5.41) is 17.4. The predicted octanol–water partition coefficient (Wildman–Crippen LogP) is 0.807. The molecule has 0 spiro atoms. The average Bonchev–Trinajstić information content (AvgIpc) is 2.96. The van der Waals surface area contributed by atoms with Crippen molar-refractivity contribution in [3.8, 4) is 6.07 Å². The van der Waals surface area contributed by atoms with Crippen LogP contribution in [0.25, 0.3) is 0 Å². The Bertz CT molecular complexity index is 448. The molecule has 0 unspecified atom stereocenters. The fraction of sp³-hybridized carbons (Fsp3) is 0.818. The fourth-order valence-electron chi connectivity index (χ4n) is 1.91. The van der Waals surface area contributed by atoms with Crippen LogP contribution in [0.4, 0.5) is 0 Å². The van der Waals surface area contributed by atoms with Crippen molar-refractivity contribution < 1.29 is 18.3 Å². The van der Waals surface area contributed by atoms with Crippen LogP contribution in [0.1, 0.15) is 32.6 Å². The van der Waals surface area contributed by atoms with E-state index in [1.54, 1.807) is 6.92 Å². The van der Waals surface area contributed by atoms with Gasteiger partial charge in [0.1, 0.15) is 6.54 Å². The number of carboxylic acid groups (broad SMARTS) is 1. The Labute approximate surface area is 107 Å². The van der Waals surface area contributed by atoms with Gasteiger partial charge in [-0.15, -0.1) is 0 Å². The molecule has 1 fully saturated rings. The molecule has 1 N–H and O–H groups in total. The fourth-order valence-corrected chi connectivity index (χ4v) is 4.03. The molecule has 0 heterocycles. The zero-order valence-corrected chi connectivity index (χ0v) is 11.2. The van der Waals surface area contributed by atoms with Gasteiger partial charge < -0.3 is 5.11 Å². The number of sulfonamides is 1. The number of carbonyl (C=O) groups is 1. The van der Waals surface area contributed by atoms with Gasteiger partial charge in [0, 0.05) is 13.0 Å². The summed E-state index contributed by atoms with van der Waals surface area (Å²) in [5.74, 6) is -1.27. The standard InChI is InChI=1S/C11H18N2O4S/c1-2-7-13(8-10(14)15)18(16,17)9-11(3-4-11)5-6-12/h2-5,7-9H2,1H3,(H,14,15). The summed E-state index contributed by atoms with van der Waals surface area (Å²) in [5.41, 5.74) is -0.432. The average molecular weight is 274 g/mol. The van der Waals surface area contributed by atoms with Crippen LogP contribution in [0, 0.1) is 16.7 Å². The molecule has 0 atom stereocenters. The number of nitriles is 1. The van der Waals surface area contributed by atoms with Gasteiger partial charge in [0.2, 0.25) is 10.0 Å². The van der Waals surface area contributed by atoms with Gasteiger partial charge in [0.15, 0.2) is 0 Å². The lowest BCUT2D eigenvalue weighted by Gasteiger charge is -2.22. The van der Waals surface area contributed by atoms with Crippen molar-refractivity contribution in [2.75, 3.05) is 18.8 Å². The van der Waals surface area contributed by atoms with Crippen molar-refractivity contribution in [3.05, 3.63) is 0 Å². The summed E-state index contributed by atoms with van der Waals surface area (Å²) < 4.78 is 25.3. The topological polar surface area (TPSA) is 98.5 Å². The Balaban J connectivity index is 2.76. The van der Waals surface area contributed by atoms with Crippen molar-refractivity contribution >= 4 is 16.0 Å². The van der Waals surface area contributed by atoms with Gasteiger partial charge in [-0.25, -0.2) is 8.42 Å². The van der Waals surface area contributed by atoms with E-state index in [0.29, 0.717) is 6.42 Å². The third-order valence-electron chi connectivity index (χ3n) is 3.08. The minimum Gasteiger partial charge on any atom is -0.480 e. The Kier molecular flexibility index (Phi) is 4.71. The van der Waals surface area contributed by atoms with Crippen molar-refractivity contribution in [2.45, 2.75) is 32.6 Å². The van der Waals surface area contributed by atoms with E-state index in [-0.39, 0.29) is 18.7 Å². The Morgan fingerprint density at radius 2 is 2.11 bits per heavy atom. The molecule has 0 aliphatic heterocycles. The number of aliphatic carboxylic acids is 1. The number of carboxylic acids is 1. The van der Waals surface area contributed by atoms with Gasteiger partial charge >= 0.3 is 5.97 Å². The maximum Gasteiger partial charge on any atom is 0.318 e. The lowest BCUT2D eigenvalue weighted by molar-refractivity contribution is -0.137. The van der Waals surface area contributed by atoms with Gasteiger partial charge in [-0.1, -0.05) is 6.92 Å². The molecular weight excluding hydrogens is 256 g/mol. The third kappa shape index (κ3) is 3.96. The summed E-state index contributed by atoms with van der Waals surface area (Å²) in [6.07, 6.45) is 2.25. The lowest BCUT2D eigenvalue weighted by atomic mass is 10.1. The summed E-state index contributed by atoms with van der Waals surface area (Å²) in [7, 11) is -3.60. The summed E-state index contributed by atoms with van der Waals surface area (Å²) in [6, 6.07) is 2.01. The van der Waals surface area contributed by atoms with Crippen LogP contribution < -0.4 is 0 Å². The van der Waals surface area contributed by atoms with Crippen molar-refractivity contribution in [3.63, 3.8) is 0 Å². The molecule has 0 saturated heterocycles. The summed E-state index contributed by atoms with van der Waals surface area (Å²) >= 11 is 0. The van der Waals surface area contributed by atoms with Crippen LogP contribution in [-0.4, -0.2) is 42.6 Å². The first-order chi connectivity index (χ1) is 8.35. The van der Waals surface area contributed by atoms with Crippen LogP contribution in [-0.2, 0) is 14.8 Å². The van der Waals surface area contributed by atoms with Crippen molar-refractivity contribution in [2.24, 2.45) is 5.41 Å². The van der Waals surface area contributed by atoms with Crippen LogP contribution >= 0.6 is 0 Å². The molecule has 0 aromatic heterocycles. The second-order valence-corrected chi connectivity index (χ2v) is 6.79. The zero-order valence-electron chi connectivity index (χ0n) is 10.4. The lowest BCUT2D eigenvalue weighted by Crippen LogP contribution is -2.39. The maximum atomic E-state index is 12.1.